The largest absolute Gasteiger partial charge is 0.490 e. The van der Waals surface area contributed by atoms with Gasteiger partial charge >= 0.3 is 35.8 Å². The lowest BCUT2D eigenvalue weighted by Gasteiger charge is -2.42. The maximum absolute atomic E-state index is 14.9. The summed E-state index contributed by atoms with van der Waals surface area (Å²) in [6.45, 7) is 3.09. The number of hydrogen-bond donors (Lipinski definition) is 1. The lowest BCUT2D eigenvalue weighted by atomic mass is 9.78. The Balaban J connectivity index is 2.74. The fourth-order valence-electron chi connectivity index (χ4n) is 3.51. The van der Waals surface area contributed by atoms with Crippen molar-refractivity contribution in [1.29, 1.82) is 0 Å². The van der Waals surface area contributed by atoms with E-state index in [0.717, 1.165) is 42.5 Å². The van der Waals surface area contributed by atoms with E-state index in [2.05, 4.69) is 0 Å². The third-order valence-electron chi connectivity index (χ3n) is 5.96. The van der Waals surface area contributed by atoms with Crippen molar-refractivity contribution >= 4 is 0 Å². The molecule has 0 aliphatic carbocycles. The number of rotatable bonds is 11. The number of alkyl halides is 13. The van der Waals surface area contributed by atoms with E-state index < -0.39 is 70.8 Å². The van der Waals surface area contributed by atoms with Crippen molar-refractivity contribution in [2.45, 2.75) is 74.2 Å². The van der Waals surface area contributed by atoms with Crippen LogP contribution in [0.1, 0.15) is 37.8 Å². The van der Waals surface area contributed by atoms with E-state index in [9.17, 15) is 62.2 Å². The molecule has 0 saturated carbocycles. The molecule has 0 fully saturated rings. The molecule has 2 rings (SSSR count). The molecule has 2 aromatic carbocycles. The standard InChI is InChI=1S/C24H21F13O2/c1-3-14(2)39-17-12-8-7-11-16(17)18(38,15-9-5-4-6-10-15)13-19(25,26)20(27,28)21(29,30)22(31,32)23(33,34)24(35,36)37/h4-12,14,38H,3,13H2,1-2H3. The minimum atomic E-state index is -8.03. The van der Waals surface area contributed by atoms with Crippen LogP contribution in [-0.4, -0.2) is 47.0 Å². The zero-order valence-electron chi connectivity index (χ0n) is 20.0. The molecule has 220 valence electrons. The smallest absolute Gasteiger partial charge is 0.460 e. The van der Waals surface area contributed by atoms with Crippen molar-refractivity contribution < 1.29 is 66.9 Å². The molecule has 2 unspecified atom stereocenters. The summed E-state index contributed by atoms with van der Waals surface area (Å²) >= 11 is 0. The molecule has 0 aromatic heterocycles. The van der Waals surface area contributed by atoms with Crippen molar-refractivity contribution in [3.05, 3.63) is 65.7 Å². The Morgan fingerprint density at radius 2 is 1.13 bits per heavy atom. The van der Waals surface area contributed by atoms with Gasteiger partial charge in [0, 0.05) is 5.56 Å². The maximum atomic E-state index is 14.9. The Morgan fingerprint density at radius 3 is 1.62 bits per heavy atom. The molecule has 39 heavy (non-hydrogen) atoms. The normalized spacial score (nSPS) is 16.5. The molecule has 2 nitrogen and oxygen atoms in total. The summed E-state index contributed by atoms with van der Waals surface area (Å²) in [5.74, 6) is -38.3. The minimum absolute atomic E-state index is 0.293. The van der Waals surface area contributed by atoms with Crippen LogP contribution in [0.2, 0.25) is 0 Å². The van der Waals surface area contributed by atoms with Crippen LogP contribution >= 0.6 is 0 Å². The van der Waals surface area contributed by atoms with Gasteiger partial charge in [-0.3, -0.25) is 0 Å². The van der Waals surface area contributed by atoms with Gasteiger partial charge in [-0.15, -0.1) is 0 Å². The summed E-state index contributed by atoms with van der Waals surface area (Å²) < 4.78 is 184. The first-order chi connectivity index (χ1) is 17.5. The Kier molecular flexibility index (Phi) is 8.63. The zero-order chi connectivity index (χ0) is 30.3. The van der Waals surface area contributed by atoms with Gasteiger partial charge in [-0.1, -0.05) is 55.5 Å². The van der Waals surface area contributed by atoms with Gasteiger partial charge in [0.05, 0.1) is 12.5 Å². The summed E-state index contributed by atoms with van der Waals surface area (Å²) in [4.78, 5) is 0. The molecule has 0 aliphatic heterocycles. The molecule has 2 atom stereocenters. The van der Waals surface area contributed by atoms with Gasteiger partial charge in [0.1, 0.15) is 11.4 Å². The first-order valence-corrected chi connectivity index (χ1v) is 11.0. The molecule has 0 radical (unpaired) electrons. The van der Waals surface area contributed by atoms with E-state index in [1.807, 2.05) is 0 Å². The van der Waals surface area contributed by atoms with E-state index in [0.29, 0.717) is 6.42 Å². The average Bonchev–Trinajstić information content (AvgIpc) is 2.83. The van der Waals surface area contributed by atoms with Crippen LogP contribution in [0.15, 0.2) is 54.6 Å². The average molecular weight is 588 g/mol. The number of halogens is 13. The van der Waals surface area contributed by atoms with Gasteiger partial charge in [-0.05, 0) is 25.0 Å². The van der Waals surface area contributed by atoms with E-state index in [1.165, 1.54) is 19.1 Å². The summed E-state index contributed by atoms with van der Waals surface area (Å²) in [6, 6.07) is 9.51. The Bertz CT molecular complexity index is 1120. The van der Waals surface area contributed by atoms with Gasteiger partial charge in [-0.25, -0.2) is 0 Å². The van der Waals surface area contributed by atoms with Crippen LogP contribution in [0.4, 0.5) is 57.1 Å². The molecular formula is C24H21F13O2. The molecule has 0 spiro atoms. The molecule has 0 bridgehead atoms. The number of aliphatic hydroxyl groups is 1. The molecule has 0 amide bonds. The van der Waals surface area contributed by atoms with E-state index in [4.69, 9.17) is 4.74 Å². The Hall–Kier alpha value is -2.71. The fraction of sp³-hybridized carbons (Fsp3) is 0.500. The number of hydrogen-bond acceptors (Lipinski definition) is 2. The molecule has 2 aromatic rings. The van der Waals surface area contributed by atoms with Crippen LogP contribution in [0.3, 0.4) is 0 Å². The van der Waals surface area contributed by atoms with E-state index >= 15 is 0 Å². The van der Waals surface area contributed by atoms with Crippen molar-refractivity contribution in [2.24, 2.45) is 0 Å². The van der Waals surface area contributed by atoms with Crippen molar-refractivity contribution in [3.63, 3.8) is 0 Å². The van der Waals surface area contributed by atoms with Gasteiger partial charge < -0.3 is 9.84 Å². The lowest BCUT2D eigenvalue weighted by Crippen LogP contribution is -2.70. The van der Waals surface area contributed by atoms with E-state index in [-0.39, 0.29) is 0 Å². The Labute approximate surface area is 213 Å². The number of benzene rings is 2. The second kappa shape index (κ2) is 10.4. The second-order valence-corrected chi connectivity index (χ2v) is 8.74. The lowest BCUT2D eigenvalue weighted by molar-refractivity contribution is -0.441. The van der Waals surface area contributed by atoms with Crippen molar-refractivity contribution in [1.82, 2.24) is 0 Å². The highest BCUT2D eigenvalue weighted by molar-refractivity contribution is 5.45. The van der Waals surface area contributed by atoms with Gasteiger partial charge in [0.2, 0.25) is 0 Å². The fourth-order valence-corrected chi connectivity index (χ4v) is 3.51. The highest BCUT2D eigenvalue weighted by Gasteiger charge is 2.90. The molecule has 0 saturated heterocycles. The zero-order valence-corrected chi connectivity index (χ0v) is 20.0. The third-order valence-corrected chi connectivity index (χ3v) is 5.96. The van der Waals surface area contributed by atoms with Crippen molar-refractivity contribution in [3.8, 4) is 5.75 Å². The predicted octanol–water partition coefficient (Wildman–Crippen LogP) is 8.23. The van der Waals surface area contributed by atoms with Crippen LogP contribution in [0.5, 0.6) is 5.75 Å². The second-order valence-electron chi connectivity index (χ2n) is 8.74. The van der Waals surface area contributed by atoms with Gasteiger partial charge in [0.15, 0.2) is 0 Å². The molecule has 0 aliphatic rings. The number of para-hydroxylation sites is 1. The van der Waals surface area contributed by atoms with Crippen LogP contribution in [0.25, 0.3) is 0 Å². The predicted molar refractivity (Wildman–Crippen MR) is 112 cm³/mol. The SMILES string of the molecule is CCC(C)Oc1ccccc1C(O)(CC(F)(F)C(F)(F)C(F)(F)C(F)(F)C(F)(F)C(F)(F)F)c1ccccc1. The first kappa shape index (κ1) is 32.5. The third kappa shape index (κ3) is 5.38. The number of ether oxygens (including phenoxy) is 1. The first-order valence-electron chi connectivity index (χ1n) is 11.0. The summed E-state index contributed by atoms with van der Waals surface area (Å²) in [6.07, 6.45) is -10.8. The highest BCUT2D eigenvalue weighted by atomic mass is 19.4. The quantitative estimate of drug-likeness (QED) is 0.268. The summed E-state index contributed by atoms with van der Waals surface area (Å²) in [7, 11) is 0. The monoisotopic (exact) mass is 588 g/mol. The van der Waals surface area contributed by atoms with Crippen LogP contribution in [0, 0.1) is 0 Å². The van der Waals surface area contributed by atoms with Crippen LogP contribution in [-0.2, 0) is 5.60 Å². The maximum Gasteiger partial charge on any atom is 0.460 e. The molecule has 15 heteroatoms. The van der Waals surface area contributed by atoms with Crippen LogP contribution < -0.4 is 4.74 Å². The van der Waals surface area contributed by atoms with Gasteiger partial charge in [-0.2, -0.15) is 57.1 Å². The highest BCUT2D eigenvalue weighted by Crippen LogP contribution is 2.62. The summed E-state index contributed by atoms with van der Waals surface area (Å²) in [5.41, 5.74) is -4.84. The molecular weight excluding hydrogens is 567 g/mol. The van der Waals surface area contributed by atoms with E-state index in [1.54, 1.807) is 6.92 Å². The molecule has 1 N–H and O–H groups in total. The summed E-state index contributed by atoms with van der Waals surface area (Å²) in [5, 5.41) is 11.3. The topological polar surface area (TPSA) is 29.5 Å². The van der Waals surface area contributed by atoms with Gasteiger partial charge in [0.25, 0.3) is 0 Å². The Morgan fingerprint density at radius 1 is 0.667 bits per heavy atom. The van der Waals surface area contributed by atoms with Crippen molar-refractivity contribution in [2.75, 3.05) is 0 Å². The minimum Gasteiger partial charge on any atom is -0.490 e. The molecule has 0 heterocycles.